The molecule has 1 atom stereocenters. The average Bonchev–Trinajstić information content (AvgIpc) is 2.96. The van der Waals surface area contributed by atoms with Gasteiger partial charge in [0.1, 0.15) is 11.6 Å². The maximum atomic E-state index is 13.1. The van der Waals surface area contributed by atoms with Crippen molar-refractivity contribution in [1.82, 2.24) is 19.7 Å². The summed E-state index contributed by atoms with van der Waals surface area (Å²) >= 11 is 0. The zero-order valence-electron chi connectivity index (χ0n) is 16.4. The second-order valence-electron chi connectivity index (χ2n) is 6.85. The van der Waals surface area contributed by atoms with E-state index in [2.05, 4.69) is 10.1 Å². The molecule has 0 bridgehead atoms. The highest BCUT2D eigenvalue weighted by atomic mass is 19.1. The molecule has 0 spiro atoms. The first-order valence-electron chi connectivity index (χ1n) is 8.84. The molecule has 1 amide bonds. The molecule has 0 aliphatic carbocycles. The minimum Gasteiger partial charge on any atom is -0.447 e. The molecule has 7 nitrogen and oxygen atoms in total. The van der Waals surface area contributed by atoms with Crippen LogP contribution < -0.4 is 0 Å². The Bertz CT molecular complexity index is 807. The number of carbonyl (C=O) groups excluding carboxylic acids is 2. The normalized spacial score (nSPS) is 12.3. The monoisotopic (exact) mass is 376 g/mol. The summed E-state index contributed by atoms with van der Waals surface area (Å²) in [5.41, 5.74) is 0.565. The number of rotatable bonds is 6. The van der Waals surface area contributed by atoms with E-state index < -0.39 is 12.1 Å². The van der Waals surface area contributed by atoms with Crippen LogP contribution in [-0.2, 0) is 9.53 Å². The number of esters is 1. The van der Waals surface area contributed by atoms with Crippen LogP contribution in [0.3, 0.4) is 0 Å². The number of ether oxygens (including phenoxy) is 1. The standard InChI is InChI=1S/C19H25FN4O3/c1-11(2)23(12(3)4)18(25)13(5)27-19(26)17-21-14(6)24(22-17)16-9-7-15(20)8-10-16/h7-13H,1-6H3. The van der Waals surface area contributed by atoms with Crippen molar-refractivity contribution in [3.63, 3.8) is 0 Å². The Morgan fingerprint density at radius 2 is 1.63 bits per heavy atom. The number of halogens is 1. The lowest BCUT2D eigenvalue weighted by Gasteiger charge is -2.32. The van der Waals surface area contributed by atoms with E-state index in [1.165, 1.54) is 35.9 Å². The third-order valence-electron chi connectivity index (χ3n) is 4.02. The molecule has 1 aromatic carbocycles. The fraction of sp³-hybridized carbons (Fsp3) is 0.474. The van der Waals surface area contributed by atoms with Crippen molar-refractivity contribution < 1.29 is 18.7 Å². The maximum Gasteiger partial charge on any atom is 0.379 e. The topological polar surface area (TPSA) is 77.3 Å². The molecule has 0 N–H and O–H groups in total. The molecule has 2 rings (SSSR count). The number of aryl methyl sites for hydroxylation is 1. The Morgan fingerprint density at radius 3 is 2.15 bits per heavy atom. The van der Waals surface area contributed by atoms with Crippen LogP contribution in [0, 0.1) is 12.7 Å². The van der Waals surface area contributed by atoms with Crippen LogP contribution in [-0.4, -0.2) is 49.7 Å². The molecule has 0 aliphatic rings. The highest BCUT2D eigenvalue weighted by Crippen LogP contribution is 2.13. The van der Waals surface area contributed by atoms with Crippen molar-refractivity contribution in [3.05, 3.63) is 41.7 Å². The highest BCUT2D eigenvalue weighted by molar-refractivity contribution is 5.89. The minimum atomic E-state index is -0.958. The van der Waals surface area contributed by atoms with Crippen molar-refractivity contribution in [2.45, 2.75) is 59.7 Å². The number of aromatic nitrogens is 3. The van der Waals surface area contributed by atoms with Crippen molar-refractivity contribution in [2.24, 2.45) is 0 Å². The molecular weight excluding hydrogens is 351 g/mol. The van der Waals surface area contributed by atoms with Gasteiger partial charge >= 0.3 is 5.97 Å². The van der Waals surface area contributed by atoms with E-state index in [0.717, 1.165) is 0 Å². The molecule has 0 aliphatic heterocycles. The lowest BCUT2D eigenvalue weighted by Crippen LogP contribution is -2.47. The van der Waals surface area contributed by atoms with E-state index in [4.69, 9.17) is 4.74 Å². The van der Waals surface area contributed by atoms with Gasteiger partial charge in [0.2, 0.25) is 0 Å². The molecule has 0 fully saturated rings. The molecule has 0 saturated carbocycles. The molecule has 2 aromatic rings. The Kier molecular flexibility index (Phi) is 6.30. The summed E-state index contributed by atoms with van der Waals surface area (Å²) in [6.45, 7) is 10.8. The molecule has 1 unspecified atom stereocenters. The van der Waals surface area contributed by atoms with E-state index in [9.17, 15) is 14.0 Å². The SMILES string of the molecule is Cc1nc(C(=O)OC(C)C(=O)N(C(C)C)C(C)C)nn1-c1ccc(F)cc1. The van der Waals surface area contributed by atoms with E-state index in [-0.39, 0.29) is 29.6 Å². The van der Waals surface area contributed by atoms with Gasteiger partial charge in [-0.3, -0.25) is 4.79 Å². The highest BCUT2D eigenvalue weighted by Gasteiger charge is 2.29. The van der Waals surface area contributed by atoms with Crippen molar-refractivity contribution in [2.75, 3.05) is 0 Å². The van der Waals surface area contributed by atoms with Crippen LogP contribution in [0.1, 0.15) is 51.1 Å². The zero-order chi connectivity index (χ0) is 20.3. The Morgan fingerprint density at radius 1 is 1.07 bits per heavy atom. The fourth-order valence-electron chi connectivity index (χ4n) is 2.88. The predicted molar refractivity (Wildman–Crippen MR) is 98.0 cm³/mol. The van der Waals surface area contributed by atoms with Crippen LogP contribution in [0.4, 0.5) is 4.39 Å². The van der Waals surface area contributed by atoms with Gasteiger partial charge in [0, 0.05) is 12.1 Å². The Hall–Kier alpha value is -2.77. The second kappa shape index (κ2) is 8.28. The van der Waals surface area contributed by atoms with Gasteiger partial charge in [-0.25, -0.2) is 18.9 Å². The molecule has 146 valence electrons. The number of benzene rings is 1. The first kappa shape index (κ1) is 20.5. The number of carbonyl (C=O) groups is 2. The van der Waals surface area contributed by atoms with E-state index in [0.29, 0.717) is 11.5 Å². The minimum absolute atomic E-state index is 0.0169. The van der Waals surface area contributed by atoms with Crippen LogP contribution in [0.15, 0.2) is 24.3 Å². The van der Waals surface area contributed by atoms with E-state index in [1.807, 2.05) is 27.7 Å². The van der Waals surface area contributed by atoms with Gasteiger partial charge in [-0.05, 0) is 65.8 Å². The summed E-state index contributed by atoms with van der Waals surface area (Å²) in [7, 11) is 0. The lowest BCUT2D eigenvalue weighted by atomic mass is 10.2. The third kappa shape index (κ3) is 4.69. The number of amides is 1. The van der Waals surface area contributed by atoms with Crippen molar-refractivity contribution >= 4 is 11.9 Å². The predicted octanol–water partition coefficient (Wildman–Crippen LogP) is 2.91. The molecule has 0 radical (unpaired) electrons. The molecule has 27 heavy (non-hydrogen) atoms. The molecule has 1 heterocycles. The molecular formula is C19H25FN4O3. The van der Waals surface area contributed by atoms with Crippen molar-refractivity contribution in [1.29, 1.82) is 0 Å². The quantitative estimate of drug-likeness (QED) is 0.725. The maximum absolute atomic E-state index is 13.1. The van der Waals surface area contributed by atoms with Crippen LogP contribution in [0.5, 0.6) is 0 Å². The Labute approximate surface area is 158 Å². The van der Waals surface area contributed by atoms with Crippen molar-refractivity contribution in [3.8, 4) is 5.69 Å². The number of nitrogens with zero attached hydrogens (tertiary/aromatic N) is 4. The summed E-state index contributed by atoms with van der Waals surface area (Å²) < 4.78 is 19.8. The van der Waals surface area contributed by atoms with E-state index >= 15 is 0 Å². The molecule has 1 aromatic heterocycles. The van der Waals surface area contributed by atoms with Gasteiger partial charge in [0.15, 0.2) is 6.10 Å². The smallest absolute Gasteiger partial charge is 0.379 e. The largest absolute Gasteiger partial charge is 0.447 e. The van der Waals surface area contributed by atoms with Crippen LogP contribution >= 0.6 is 0 Å². The lowest BCUT2D eigenvalue weighted by molar-refractivity contribution is -0.143. The zero-order valence-corrected chi connectivity index (χ0v) is 16.4. The van der Waals surface area contributed by atoms with E-state index in [1.54, 1.807) is 11.8 Å². The van der Waals surface area contributed by atoms with Gasteiger partial charge < -0.3 is 9.64 Å². The van der Waals surface area contributed by atoms with Crippen LogP contribution in [0.2, 0.25) is 0 Å². The summed E-state index contributed by atoms with van der Waals surface area (Å²) in [5.74, 6) is -1.14. The summed E-state index contributed by atoms with van der Waals surface area (Å²) in [5, 5.41) is 4.12. The average molecular weight is 376 g/mol. The summed E-state index contributed by atoms with van der Waals surface area (Å²) in [6.07, 6.45) is -0.958. The molecule has 0 saturated heterocycles. The molecule has 8 heteroatoms. The summed E-state index contributed by atoms with van der Waals surface area (Å²) in [6, 6.07) is 5.61. The van der Waals surface area contributed by atoms with Crippen LogP contribution in [0.25, 0.3) is 5.69 Å². The number of hydrogen-bond acceptors (Lipinski definition) is 5. The van der Waals surface area contributed by atoms with Gasteiger partial charge in [-0.1, -0.05) is 0 Å². The van der Waals surface area contributed by atoms with Gasteiger partial charge in [-0.2, -0.15) is 0 Å². The fourth-order valence-corrected chi connectivity index (χ4v) is 2.88. The third-order valence-corrected chi connectivity index (χ3v) is 4.02. The first-order chi connectivity index (χ1) is 12.6. The van der Waals surface area contributed by atoms with Gasteiger partial charge in [0.05, 0.1) is 5.69 Å². The Balaban J connectivity index is 2.15. The summed E-state index contributed by atoms with van der Waals surface area (Å²) in [4.78, 5) is 30.7. The second-order valence-corrected chi connectivity index (χ2v) is 6.85. The first-order valence-corrected chi connectivity index (χ1v) is 8.84. The number of hydrogen-bond donors (Lipinski definition) is 0. The van der Waals surface area contributed by atoms with Gasteiger partial charge in [-0.15, -0.1) is 5.10 Å². The van der Waals surface area contributed by atoms with Gasteiger partial charge in [0.25, 0.3) is 11.7 Å².